The van der Waals surface area contributed by atoms with Gasteiger partial charge in [0.1, 0.15) is 36.9 Å². The van der Waals surface area contributed by atoms with E-state index in [1.165, 1.54) is 0 Å². The third-order valence-corrected chi connectivity index (χ3v) is 7.62. The number of benzene rings is 1. The van der Waals surface area contributed by atoms with Gasteiger partial charge < -0.3 is 14.2 Å². The summed E-state index contributed by atoms with van der Waals surface area (Å²) < 4.78 is 17.7. The minimum absolute atomic E-state index is 0.279. The Kier molecular flexibility index (Phi) is 6.80. The highest BCUT2D eigenvalue weighted by Gasteiger charge is 2.30. The van der Waals surface area contributed by atoms with Crippen molar-refractivity contribution in [1.29, 1.82) is 0 Å². The predicted octanol–water partition coefficient (Wildman–Crippen LogP) is 6.54. The number of nitrogens with zero attached hydrogens (tertiary/aromatic N) is 6. The molecule has 0 saturated heterocycles. The van der Waals surface area contributed by atoms with Crippen LogP contribution in [0.4, 0.5) is 0 Å². The average Bonchev–Trinajstić information content (AvgIpc) is 3.71. The van der Waals surface area contributed by atoms with Crippen molar-refractivity contribution in [3.8, 4) is 33.8 Å². The summed E-state index contributed by atoms with van der Waals surface area (Å²) in [5.74, 6) is 1.67. The van der Waals surface area contributed by atoms with Crippen molar-refractivity contribution in [2.45, 2.75) is 58.2 Å². The van der Waals surface area contributed by atoms with Crippen molar-refractivity contribution >= 4 is 17.7 Å². The van der Waals surface area contributed by atoms with Crippen LogP contribution in [-0.2, 0) is 14.2 Å². The fourth-order valence-corrected chi connectivity index (χ4v) is 5.36. The summed E-state index contributed by atoms with van der Waals surface area (Å²) in [6.45, 7) is 13.9. The molecule has 228 valence electrons. The van der Waals surface area contributed by atoms with Crippen LogP contribution in [0, 0.1) is 0 Å². The monoisotopic (exact) mass is 600 g/mol. The van der Waals surface area contributed by atoms with Gasteiger partial charge in [0.05, 0.1) is 33.7 Å². The highest BCUT2D eigenvalue weighted by atomic mass is 16.5. The van der Waals surface area contributed by atoms with Gasteiger partial charge in [-0.2, -0.15) is 0 Å². The van der Waals surface area contributed by atoms with Gasteiger partial charge in [0, 0.05) is 16.7 Å². The summed E-state index contributed by atoms with van der Waals surface area (Å²) in [6, 6.07) is 24.0. The highest BCUT2D eigenvalue weighted by molar-refractivity contribution is 5.96. The summed E-state index contributed by atoms with van der Waals surface area (Å²) in [6.07, 6.45) is 0. The number of ether oxygens (including phenoxy) is 3. The van der Waals surface area contributed by atoms with Crippen molar-refractivity contribution in [3.63, 3.8) is 0 Å². The molecule has 3 aromatic heterocycles. The number of pyridine rings is 3. The van der Waals surface area contributed by atoms with Crippen LogP contribution in [0.5, 0.6) is 0 Å². The van der Waals surface area contributed by atoms with Crippen molar-refractivity contribution in [2.75, 3.05) is 19.8 Å². The summed E-state index contributed by atoms with van der Waals surface area (Å²) in [7, 11) is 0. The van der Waals surface area contributed by atoms with Crippen LogP contribution in [0.2, 0.25) is 0 Å². The standard InChI is InChI=1S/C36H36N6O3/c1-34(2)19-43-31(40-34)28-13-7-10-25(37-28)22-16-23(26-11-8-14-29(38-26)32-41-35(3,4)20-44-32)18-24(17-22)27-12-9-15-30(39-27)33-42-36(5,6)21-45-33/h7-18H,19-21H2,1-6H3. The second-order valence-corrected chi connectivity index (χ2v) is 13.6. The van der Waals surface area contributed by atoms with Crippen LogP contribution in [-0.4, -0.2) is 69.1 Å². The molecule has 1 aromatic carbocycles. The zero-order valence-corrected chi connectivity index (χ0v) is 26.5. The number of aliphatic imine (C=N–C) groups is 3. The van der Waals surface area contributed by atoms with E-state index in [1.807, 2.05) is 96.1 Å². The minimum atomic E-state index is -0.279. The van der Waals surface area contributed by atoms with E-state index in [0.29, 0.717) is 54.6 Å². The lowest BCUT2D eigenvalue weighted by Crippen LogP contribution is -2.17. The predicted molar refractivity (Wildman–Crippen MR) is 176 cm³/mol. The van der Waals surface area contributed by atoms with Crippen LogP contribution in [0.1, 0.15) is 58.6 Å². The van der Waals surface area contributed by atoms with E-state index < -0.39 is 0 Å². The van der Waals surface area contributed by atoms with E-state index in [0.717, 1.165) is 33.8 Å². The second kappa shape index (κ2) is 10.6. The van der Waals surface area contributed by atoms with Gasteiger partial charge in [-0.3, -0.25) is 0 Å². The molecule has 9 nitrogen and oxygen atoms in total. The second-order valence-electron chi connectivity index (χ2n) is 13.6. The molecule has 6 heterocycles. The van der Waals surface area contributed by atoms with Gasteiger partial charge >= 0.3 is 0 Å². The van der Waals surface area contributed by atoms with Crippen molar-refractivity contribution in [3.05, 3.63) is 89.9 Å². The quantitative estimate of drug-likeness (QED) is 0.249. The third kappa shape index (κ3) is 6.07. The molecule has 4 aromatic rings. The Morgan fingerprint density at radius 1 is 0.422 bits per heavy atom. The van der Waals surface area contributed by atoms with Gasteiger partial charge in [0.2, 0.25) is 17.7 Å². The molecule has 0 spiro atoms. The molecule has 45 heavy (non-hydrogen) atoms. The van der Waals surface area contributed by atoms with Gasteiger partial charge in [-0.15, -0.1) is 0 Å². The molecule has 0 fully saturated rings. The zero-order valence-electron chi connectivity index (χ0n) is 26.5. The molecule has 0 bridgehead atoms. The first-order valence-electron chi connectivity index (χ1n) is 15.2. The Morgan fingerprint density at radius 3 is 0.933 bits per heavy atom. The maximum atomic E-state index is 5.91. The molecular weight excluding hydrogens is 564 g/mol. The smallest absolute Gasteiger partial charge is 0.236 e. The molecule has 0 aliphatic carbocycles. The SMILES string of the molecule is CC1(C)COC(c2cccc(-c3cc(-c4cccc(C5=NC(C)(C)CO5)n4)cc(-c4cccc(C5=NC(C)(C)CO5)n4)c3)n2)=N1. The molecule has 3 aliphatic rings. The van der Waals surface area contributed by atoms with E-state index in [-0.39, 0.29) is 16.6 Å². The molecule has 9 heteroatoms. The number of hydrogen-bond acceptors (Lipinski definition) is 9. The molecule has 3 aliphatic heterocycles. The molecule has 0 atom stereocenters. The summed E-state index contributed by atoms with van der Waals surface area (Å²) >= 11 is 0. The van der Waals surface area contributed by atoms with Gasteiger partial charge in [0.15, 0.2) is 0 Å². The zero-order chi connectivity index (χ0) is 31.4. The number of rotatable bonds is 6. The first-order chi connectivity index (χ1) is 21.4. The Balaban J connectivity index is 1.34. The van der Waals surface area contributed by atoms with Crippen LogP contribution in [0.25, 0.3) is 33.8 Å². The van der Waals surface area contributed by atoms with Crippen molar-refractivity contribution < 1.29 is 14.2 Å². The van der Waals surface area contributed by atoms with Gasteiger partial charge in [-0.1, -0.05) is 18.2 Å². The molecule has 0 radical (unpaired) electrons. The summed E-state index contributed by atoms with van der Waals surface area (Å²) in [5, 5.41) is 0. The van der Waals surface area contributed by atoms with E-state index >= 15 is 0 Å². The van der Waals surface area contributed by atoms with E-state index in [2.05, 4.69) is 18.2 Å². The average molecular weight is 601 g/mol. The normalized spacial score (nSPS) is 19.2. The highest BCUT2D eigenvalue weighted by Crippen LogP contribution is 2.33. The third-order valence-electron chi connectivity index (χ3n) is 7.62. The Morgan fingerprint density at radius 2 is 0.689 bits per heavy atom. The maximum absolute atomic E-state index is 5.91. The molecule has 0 N–H and O–H groups in total. The Labute approximate surface area is 263 Å². The number of hydrogen-bond donors (Lipinski definition) is 0. The molecule has 0 unspecified atom stereocenters. The van der Waals surface area contributed by atoms with Crippen molar-refractivity contribution in [1.82, 2.24) is 15.0 Å². The van der Waals surface area contributed by atoms with Gasteiger partial charge in [-0.25, -0.2) is 29.9 Å². The van der Waals surface area contributed by atoms with Crippen LogP contribution >= 0.6 is 0 Å². The fourth-order valence-electron chi connectivity index (χ4n) is 5.36. The molecule has 0 saturated carbocycles. The maximum Gasteiger partial charge on any atom is 0.236 e. The fraction of sp³-hybridized carbons (Fsp3) is 0.333. The molecular formula is C36H36N6O3. The summed E-state index contributed by atoms with van der Waals surface area (Å²) in [4.78, 5) is 29.1. The van der Waals surface area contributed by atoms with E-state index in [9.17, 15) is 0 Å². The van der Waals surface area contributed by atoms with Gasteiger partial charge in [-0.05, 0) is 96.1 Å². The Hall–Kier alpha value is -4.92. The van der Waals surface area contributed by atoms with E-state index in [1.54, 1.807) is 0 Å². The first-order valence-corrected chi connectivity index (χ1v) is 15.2. The topological polar surface area (TPSA) is 103 Å². The van der Waals surface area contributed by atoms with Crippen LogP contribution in [0.15, 0.2) is 87.8 Å². The molecule has 0 amide bonds. The first kappa shape index (κ1) is 28.8. The Bertz CT molecular complexity index is 1680. The van der Waals surface area contributed by atoms with Crippen molar-refractivity contribution in [2.24, 2.45) is 15.0 Å². The lowest BCUT2D eigenvalue weighted by Gasteiger charge is -2.12. The minimum Gasteiger partial charge on any atom is -0.474 e. The van der Waals surface area contributed by atoms with Crippen LogP contribution < -0.4 is 0 Å². The summed E-state index contributed by atoms with van der Waals surface area (Å²) in [5.41, 5.74) is 6.34. The van der Waals surface area contributed by atoms with Crippen LogP contribution in [0.3, 0.4) is 0 Å². The van der Waals surface area contributed by atoms with E-state index in [4.69, 9.17) is 44.1 Å². The largest absolute Gasteiger partial charge is 0.474 e. The molecule has 7 rings (SSSR count). The lowest BCUT2D eigenvalue weighted by molar-refractivity contribution is 0.279. The number of aromatic nitrogens is 3. The lowest BCUT2D eigenvalue weighted by atomic mass is 9.98. The van der Waals surface area contributed by atoms with Gasteiger partial charge in [0.25, 0.3) is 0 Å².